The molecule has 1 aliphatic rings. The molecule has 0 aromatic heterocycles. The monoisotopic (exact) mass is 333 g/mol. The summed E-state index contributed by atoms with van der Waals surface area (Å²) in [7, 11) is 0. The van der Waals surface area contributed by atoms with Gasteiger partial charge in [0.2, 0.25) is 0 Å². The highest BCUT2D eigenvalue weighted by Gasteiger charge is 2.60. The first kappa shape index (κ1) is 13.0. The Balaban J connectivity index is 2.11. The van der Waals surface area contributed by atoms with Crippen molar-refractivity contribution in [3.8, 4) is 17.9 Å². The quantitative estimate of drug-likeness (QED) is 0.449. The summed E-state index contributed by atoms with van der Waals surface area (Å²) in [5.41, 5.74) is 0.243. The molecule has 1 aliphatic carbocycles. The second-order valence-electron chi connectivity index (χ2n) is 3.93. The standard InChI is InChI=1S/C11H13Br2NO/c1-10(9-11(10,12)13)5-2-3-7-15-8-4-6-14/h4-5,7-9H2,1H3. The SMILES string of the molecule is CC1(CC#CCOCCC#N)CC1(Br)Br. The highest BCUT2D eigenvalue weighted by molar-refractivity contribution is 9.25. The van der Waals surface area contributed by atoms with E-state index in [-0.39, 0.29) is 8.65 Å². The summed E-state index contributed by atoms with van der Waals surface area (Å²) < 4.78 is 5.23. The van der Waals surface area contributed by atoms with Crippen molar-refractivity contribution in [3.05, 3.63) is 0 Å². The van der Waals surface area contributed by atoms with E-state index < -0.39 is 0 Å². The van der Waals surface area contributed by atoms with Crippen LogP contribution in [0.3, 0.4) is 0 Å². The molecule has 1 fully saturated rings. The van der Waals surface area contributed by atoms with E-state index in [1.807, 2.05) is 6.07 Å². The van der Waals surface area contributed by atoms with E-state index in [0.717, 1.165) is 12.8 Å². The predicted molar refractivity (Wildman–Crippen MR) is 66.8 cm³/mol. The molecule has 15 heavy (non-hydrogen) atoms. The molecule has 0 amide bonds. The van der Waals surface area contributed by atoms with Gasteiger partial charge in [-0.25, -0.2) is 0 Å². The number of nitriles is 1. The third kappa shape index (κ3) is 3.79. The molecule has 0 bridgehead atoms. The predicted octanol–water partition coefficient (Wildman–Crippen LogP) is 3.21. The number of alkyl halides is 2. The van der Waals surface area contributed by atoms with Gasteiger partial charge in [-0.3, -0.25) is 0 Å². The topological polar surface area (TPSA) is 33.0 Å². The minimum atomic E-state index is 0.0867. The van der Waals surface area contributed by atoms with Crippen molar-refractivity contribution in [2.75, 3.05) is 13.2 Å². The number of ether oxygens (including phenoxy) is 1. The number of rotatable bonds is 4. The van der Waals surface area contributed by atoms with Crippen LogP contribution in [0.2, 0.25) is 0 Å². The van der Waals surface area contributed by atoms with Gasteiger partial charge in [-0.2, -0.15) is 5.26 Å². The first-order valence-corrected chi connectivity index (χ1v) is 6.39. The van der Waals surface area contributed by atoms with Gasteiger partial charge in [-0.1, -0.05) is 44.7 Å². The van der Waals surface area contributed by atoms with Crippen LogP contribution in [0, 0.1) is 28.6 Å². The molecule has 4 heteroatoms. The van der Waals surface area contributed by atoms with E-state index in [0.29, 0.717) is 19.6 Å². The van der Waals surface area contributed by atoms with Crippen molar-refractivity contribution in [2.45, 2.75) is 29.4 Å². The third-order valence-electron chi connectivity index (χ3n) is 2.51. The zero-order valence-corrected chi connectivity index (χ0v) is 11.8. The molecule has 1 rings (SSSR count). The van der Waals surface area contributed by atoms with Crippen LogP contribution in [-0.4, -0.2) is 16.4 Å². The molecule has 0 N–H and O–H groups in total. The summed E-state index contributed by atoms with van der Waals surface area (Å²) in [4.78, 5) is 0. The molecule has 0 aromatic carbocycles. The van der Waals surface area contributed by atoms with Crippen LogP contribution in [0.1, 0.15) is 26.2 Å². The summed E-state index contributed by atoms with van der Waals surface area (Å²) in [6.45, 7) is 3.10. The number of hydrogen-bond donors (Lipinski definition) is 0. The summed E-state index contributed by atoms with van der Waals surface area (Å²) in [6.07, 6.45) is 2.40. The van der Waals surface area contributed by atoms with Gasteiger partial charge in [0.1, 0.15) is 6.61 Å². The Labute approximate surface area is 108 Å². The molecule has 0 heterocycles. The van der Waals surface area contributed by atoms with Gasteiger partial charge in [-0.05, 0) is 6.42 Å². The lowest BCUT2D eigenvalue weighted by atomic mass is 10.1. The number of hydrogen-bond acceptors (Lipinski definition) is 2. The van der Waals surface area contributed by atoms with Crippen molar-refractivity contribution in [1.82, 2.24) is 0 Å². The minimum Gasteiger partial charge on any atom is -0.368 e. The maximum absolute atomic E-state index is 8.27. The Morgan fingerprint density at radius 2 is 2.07 bits per heavy atom. The van der Waals surface area contributed by atoms with Crippen LogP contribution in [-0.2, 0) is 4.74 Å². The van der Waals surface area contributed by atoms with Gasteiger partial charge in [0.05, 0.1) is 22.3 Å². The number of halogens is 2. The fraction of sp³-hybridized carbons (Fsp3) is 0.727. The van der Waals surface area contributed by atoms with E-state index in [1.54, 1.807) is 0 Å². The molecular formula is C11H13Br2NO. The lowest BCUT2D eigenvalue weighted by Crippen LogP contribution is -2.01. The van der Waals surface area contributed by atoms with Crippen molar-refractivity contribution >= 4 is 31.9 Å². The normalized spacial score (nSPS) is 26.3. The van der Waals surface area contributed by atoms with Gasteiger partial charge in [0, 0.05) is 11.8 Å². The second-order valence-corrected chi connectivity index (χ2v) is 7.70. The molecule has 0 aliphatic heterocycles. The van der Waals surface area contributed by atoms with Gasteiger partial charge in [0.25, 0.3) is 0 Å². The van der Waals surface area contributed by atoms with E-state index in [4.69, 9.17) is 10.00 Å². The Morgan fingerprint density at radius 1 is 1.40 bits per heavy atom. The fourth-order valence-corrected chi connectivity index (χ4v) is 2.71. The zero-order chi connectivity index (χ0) is 11.4. The molecule has 82 valence electrons. The van der Waals surface area contributed by atoms with Gasteiger partial charge < -0.3 is 4.74 Å². The van der Waals surface area contributed by atoms with E-state index in [2.05, 4.69) is 50.6 Å². The molecule has 1 unspecified atom stereocenters. The first-order valence-electron chi connectivity index (χ1n) is 4.80. The maximum Gasteiger partial charge on any atom is 0.107 e. The van der Waals surface area contributed by atoms with Crippen LogP contribution in [0.15, 0.2) is 0 Å². The molecule has 1 atom stereocenters. The van der Waals surface area contributed by atoms with Gasteiger partial charge >= 0.3 is 0 Å². The van der Waals surface area contributed by atoms with E-state index in [9.17, 15) is 0 Å². The average molecular weight is 335 g/mol. The third-order valence-corrected chi connectivity index (χ3v) is 4.98. The minimum absolute atomic E-state index is 0.0867. The van der Waals surface area contributed by atoms with E-state index in [1.165, 1.54) is 0 Å². The summed E-state index contributed by atoms with van der Waals surface area (Å²) in [5.74, 6) is 6.06. The van der Waals surface area contributed by atoms with Crippen LogP contribution < -0.4 is 0 Å². The highest BCUT2D eigenvalue weighted by atomic mass is 79.9. The Morgan fingerprint density at radius 3 is 2.60 bits per heavy atom. The molecule has 0 saturated heterocycles. The summed E-state index contributed by atoms with van der Waals surface area (Å²) in [5, 5.41) is 8.27. The van der Waals surface area contributed by atoms with Crippen LogP contribution in [0.25, 0.3) is 0 Å². The molecule has 0 spiro atoms. The summed E-state index contributed by atoms with van der Waals surface area (Å²) in [6, 6.07) is 2.02. The van der Waals surface area contributed by atoms with Crippen molar-refractivity contribution < 1.29 is 4.74 Å². The molecule has 0 aromatic rings. The van der Waals surface area contributed by atoms with Crippen LogP contribution in [0.4, 0.5) is 0 Å². The van der Waals surface area contributed by atoms with Crippen molar-refractivity contribution in [2.24, 2.45) is 5.41 Å². The maximum atomic E-state index is 8.27. The zero-order valence-electron chi connectivity index (χ0n) is 8.65. The number of nitrogens with zero attached hydrogens (tertiary/aromatic N) is 1. The van der Waals surface area contributed by atoms with Gasteiger partial charge in [-0.15, -0.1) is 5.92 Å². The molecule has 2 nitrogen and oxygen atoms in total. The molecular weight excluding hydrogens is 322 g/mol. The summed E-state index contributed by atoms with van der Waals surface area (Å²) >= 11 is 7.19. The smallest absolute Gasteiger partial charge is 0.107 e. The second kappa shape index (κ2) is 5.34. The van der Waals surface area contributed by atoms with Crippen LogP contribution >= 0.6 is 31.9 Å². The van der Waals surface area contributed by atoms with Crippen molar-refractivity contribution in [1.29, 1.82) is 5.26 Å². The Bertz CT molecular complexity index is 324. The fourth-order valence-electron chi connectivity index (χ4n) is 1.19. The lowest BCUT2D eigenvalue weighted by Gasteiger charge is -2.06. The molecule has 1 saturated carbocycles. The highest BCUT2D eigenvalue weighted by Crippen LogP contribution is 2.67. The van der Waals surface area contributed by atoms with Gasteiger partial charge in [0.15, 0.2) is 0 Å². The molecule has 0 radical (unpaired) electrons. The average Bonchev–Trinajstić information content (AvgIpc) is 2.65. The van der Waals surface area contributed by atoms with Crippen molar-refractivity contribution in [3.63, 3.8) is 0 Å². The lowest BCUT2D eigenvalue weighted by molar-refractivity contribution is 0.173. The van der Waals surface area contributed by atoms with E-state index >= 15 is 0 Å². The Kier molecular flexibility index (Phi) is 4.64. The largest absolute Gasteiger partial charge is 0.368 e. The van der Waals surface area contributed by atoms with Crippen LogP contribution in [0.5, 0.6) is 0 Å². The first-order chi connectivity index (χ1) is 7.02. The Hall–Kier alpha value is -0.0300.